The Morgan fingerprint density at radius 3 is 2.70 bits per heavy atom. The van der Waals surface area contributed by atoms with Crippen molar-refractivity contribution < 1.29 is 23.8 Å². The molecule has 1 atom stereocenters. The van der Waals surface area contributed by atoms with E-state index in [-0.39, 0.29) is 31.2 Å². The smallest absolute Gasteiger partial charge is 0.226 e. The molecule has 1 aromatic carbocycles. The number of hydrogen-bond donors (Lipinski definition) is 1. The Kier molecular flexibility index (Phi) is 6.41. The molecule has 0 bridgehead atoms. The molecular formula is C14H20FNO4. The third kappa shape index (κ3) is 4.79. The van der Waals surface area contributed by atoms with Crippen LogP contribution in [0.3, 0.4) is 0 Å². The van der Waals surface area contributed by atoms with E-state index in [9.17, 15) is 14.3 Å². The summed E-state index contributed by atoms with van der Waals surface area (Å²) in [7, 11) is 4.44. The lowest BCUT2D eigenvalue weighted by Gasteiger charge is -2.20. The van der Waals surface area contributed by atoms with Crippen molar-refractivity contribution in [2.45, 2.75) is 12.5 Å². The minimum Gasteiger partial charge on any atom is -0.494 e. The maximum absolute atomic E-state index is 13.5. The van der Waals surface area contributed by atoms with E-state index >= 15 is 0 Å². The zero-order valence-electron chi connectivity index (χ0n) is 11.9. The molecule has 1 rings (SSSR count). The van der Waals surface area contributed by atoms with Gasteiger partial charge in [-0.2, -0.15) is 0 Å². The molecule has 0 spiro atoms. The van der Waals surface area contributed by atoms with Crippen LogP contribution in [0.1, 0.15) is 5.56 Å². The molecular weight excluding hydrogens is 265 g/mol. The first-order valence-electron chi connectivity index (χ1n) is 6.21. The van der Waals surface area contributed by atoms with Gasteiger partial charge in [0, 0.05) is 20.7 Å². The van der Waals surface area contributed by atoms with Crippen LogP contribution >= 0.6 is 0 Å². The predicted octanol–water partition coefficient (Wildman–Crippen LogP) is 0.842. The zero-order valence-corrected chi connectivity index (χ0v) is 11.9. The molecule has 1 amide bonds. The molecule has 0 heterocycles. The summed E-state index contributed by atoms with van der Waals surface area (Å²) >= 11 is 0. The highest BCUT2D eigenvalue weighted by Gasteiger charge is 2.15. The summed E-state index contributed by atoms with van der Waals surface area (Å²) < 4.78 is 23.1. The quantitative estimate of drug-likeness (QED) is 0.806. The van der Waals surface area contributed by atoms with Crippen molar-refractivity contribution >= 4 is 5.91 Å². The average Bonchev–Trinajstić information content (AvgIpc) is 2.39. The molecule has 0 saturated carbocycles. The number of hydrogen-bond acceptors (Lipinski definition) is 4. The number of ether oxygens (including phenoxy) is 2. The molecule has 5 nitrogen and oxygen atoms in total. The van der Waals surface area contributed by atoms with Crippen LogP contribution in [0, 0.1) is 5.82 Å². The summed E-state index contributed by atoms with van der Waals surface area (Å²) in [6.45, 7) is 0.333. The van der Waals surface area contributed by atoms with E-state index < -0.39 is 11.9 Å². The van der Waals surface area contributed by atoms with Gasteiger partial charge in [0.2, 0.25) is 5.91 Å². The first kappa shape index (κ1) is 16.4. The van der Waals surface area contributed by atoms with Gasteiger partial charge >= 0.3 is 0 Å². The third-order valence-electron chi connectivity index (χ3n) is 2.84. The van der Waals surface area contributed by atoms with Crippen molar-refractivity contribution in [1.29, 1.82) is 0 Å². The molecule has 0 aliphatic carbocycles. The summed E-state index contributed by atoms with van der Waals surface area (Å²) in [5, 5.41) is 9.55. The number of halogens is 1. The second-order valence-corrected chi connectivity index (χ2v) is 4.53. The van der Waals surface area contributed by atoms with E-state index in [2.05, 4.69) is 0 Å². The topological polar surface area (TPSA) is 59.0 Å². The van der Waals surface area contributed by atoms with Gasteiger partial charge in [0.1, 0.15) is 0 Å². The number of aliphatic hydroxyl groups excluding tert-OH is 1. The highest BCUT2D eigenvalue weighted by atomic mass is 19.1. The average molecular weight is 285 g/mol. The lowest BCUT2D eigenvalue weighted by molar-refractivity contribution is -0.130. The molecule has 0 aliphatic heterocycles. The monoisotopic (exact) mass is 285 g/mol. The van der Waals surface area contributed by atoms with Crippen LogP contribution in [0.4, 0.5) is 4.39 Å². The van der Waals surface area contributed by atoms with Crippen LogP contribution in [-0.2, 0) is 16.0 Å². The van der Waals surface area contributed by atoms with Crippen molar-refractivity contribution in [2.75, 3.05) is 34.4 Å². The fourth-order valence-electron chi connectivity index (χ4n) is 1.79. The van der Waals surface area contributed by atoms with Crippen molar-refractivity contribution in [2.24, 2.45) is 0 Å². The van der Waals surface area contributed by atoms with Gasteiger partial charge in [-0.25, -0.2) is 4.39 Å². The zero-order chi connectivity index (χ0) is 15.1. The molecule has 6 heteroatoms. The number of carbonyl (C=O) groups excluding carboxylic acids is 1. The van der Waals surface area contributed by atoms with Gasteiger partial charge in [0.25, 0.3) is 0 Å². The first-order valence-corrected chi connectivity index (χ1v) is 6.21. The lowest BCUT2D eigenvalue weighted by atomic mass is 10.1. The van der Waals surface area contributed by atoms with Gasteiger partial charge in [0.15, 0.2) is 11.6 Å². The summed E-state index contributed by atoms with van der Waals surface area (Å²) in [6.07, 6.45) is -0.668. The first-order chi connectivity index (χ1) is 9.47. The Hall–Kier alpha value is -1.66. The Morgan fingerprint density at radius 1 is 1.45 bits per heavy atom. The molecule has 0 radical (unpaired) electrons. The number of likely N-dealkylation sites (N-methyl/N-ethyl adjacent to an activating group) is 1. The maximum atomic E-state index is 13.5. The van der Waals surface area contributed by atoms with Crippen molar-refractivity contribution in [3.63, 3.8) is 0 Å². The molecule has 0 aliphatic rings. The van der Waals surface area contributed by atoms with Crippen LogP contribution < -0.4 is 4.74 Å². The van der Waals surface area contributed by atoms with E-state index in [4.69, 9.17) is 9.47 Å². The van der Waals surface area contributed by atoms with Gasteiger partial charge in [-0.05, 0) is 17.7 Å². The molecule has 20 heavy (non-hydrogen) atoms. The summed E-state index contributed by atoms with van der Waals surface area (Å²) in [5.41, 5.74) is 0.557. The van der Waals surface area contributed by atoms with E-state index in [1.165, 1.54) is 31.3 Å². The highest BCUT2D eigenvalue weighted by Crippen LogP contribution is 2.18. The Labute approximate surface area is 117 Å². The van der Waals surface area contributed by atoms with E-state index in [0.29, 0.717) is 5.56 Å². The van der Waals surface area contributed by atoms with Crippen LogP contribution in [0.5, 0.6) is 5.75 Å². The highest BCUT2D eigenvalue weighted by molar-refractivity contribution is 5.78. The number of benzene rings is 1. The van der Waals surface area contributed by atoms with E-state index in [1.807, 2.05) is 0 Å². The fraction of sp³-hybridized carbons (Fsp3) is 0.500. The van der Waals surface area contributed by atoms with Crippen LogP contribution in [0.15, 0.2) is 18.2 Å². The van der Waals surface area contributed by atoms with Crippen molar-refractivity contribution in [3.05, 3.63) is 29.6 Å². The molecule has 0 fully saturated rings. The molecule has 0 aromatic heterocycles. The van der Waals surface area contributed by atoms with Gasteiger partial charge in [-0.1, -0.05) is 6.07 Å². The fourth-order valence-corrected chi connectivity index (χ4v) is 1.79. The number of nitrogens with zero attached hydrogens (tertiary/aromatic N) is 1. The molecule has 1 aromatic rings. The minimum absolute atomic E-state index is 0.0666. The van der Waals surface area contributed by atoms with Gasteiger partial charge in [0.05, 0.1) is 26.2 Å². The predicted molar refractivity (Wildman–Crippen MR) is 72.2 cm³/mol. The van der Waals surface area contributed by atoms with Crippen LogP contribution in [-0.4, -0.2) is 56.4 Å². The normalized spacial score (nSPS) is 12.1. The second-order valence-electron chi connectivity index (χ2n) is 4.53. The number of aliphatic hydroxyl groups is 1. The van der Waals surface area contributed by atoms with Gasteiger partial charge < -0.3 is 19.5 Å². The lowest BCUT2D eigenvalue weighted by Crippen LogP contribution is -2.37. The van der Waals surface area contributed by atoms with Crippen LogP contribution in [0.25, 0.3) is 0 Å². The number of methoxy groups -OCH3 is 2. The number of carbonyl (C=O) groups is 1. The standard InChI is InChI=1S/C14H20FNO4/c1-16(8-11(17)9-19-2)14(18)7-10-4-5-13(20-3)12(15)6-10/h4-6,11,17H,7-9H2,1-3H3. The van der Waals surface area contributed by atoms with Crippen molar-refractivity contribution in [3.8, 4) is 5.75 Å². The summed E-state index contributed by atoms with van der Waals surface area (Å²) in [5.74, 6) is -0.560. The van der Waals surface area contributed by atoms with E-state index in [1.54, 1.807) is 13.1 Å². The Morgan fingerprint density at radius 2 is 2.15 bits per heavy atom. The Bertz CT molecular complexity index is 453. The van der Waals surface area contributed by atoms with Gasteiger partial charge in [-0.3, -0.25) is 4.79 Å². The maximum Gasteiger partial charge on any atom is 0.226 e. The van der Waals surface area contributed by atoms with E-state index in [0.717, 1.165) is 0 Å². The molecule has 112 valence electrons. The number of rotatable bonds is 7. The summed E-state index contributed by atoms with van der Waals surface area (Å²) in [6, 6.07) is 4.40. The summed E-state index contributed by atoms with van der Waals surface area (Å²) in [4.78, 5) is 13.3. The SMILES string of the molecule is COCC(O)CN(C)C(=O)Cc1ccc(OC)c(F)c1. The molecule has 1 N–H and O–H groups in total. The molecule has 1 unspecified atom stereocenters. The minimum atomic E-state index is -0.735. The van der Waals surface area contributed by atoms with Crippen LogP contribution in [0.2, 0.25) is 0 Å². The van der Waals surface area contributed by atoms with Gasteiger partial charge in [-0.15, -0.1) is 0 Å². The number of amides is 1. The van der Waals surface area contributed by atoms with Crippen molar-refractivity contribution in [1.82, 2.24) is 4.90 Å². The molecule has 0 saturated heterocycles. The third-order valence-corrected chi connectivity index (χ3v) is 2.84. The largest absolute Gasteiger partial charge is 0.494 e. The second kappa shape index (κ2) is 7.81. The Balaban J connectivity index is 2.59.